The van der Waals surface area contributed by atoms with E-state index in [-0.39, 0.29) is 17.1 Å². The molecule has 40 heavy (non-hydrogen) atoms. The van der Waals surface area contributed by atoms with Crippen LogP contribution in [0.3, 0.4) is 0 Å². The SMILES string of the molecule is CCOCCn1c(=NC(=O)c2ccc(NS(=O)(=O)c3ccc(OC)cc3)cc2)sc2cc(C(=O)OCC)ccc21. The molecule has 4 rings (SSSR count). The zero-order chi connectivity index (χ0) is 28.7. The van der Waals surface area contributed by atoms with Gasteiger partial charge in [0.15, 0.2) is 4.80 Å². The van der Waals surface area contributed by atoms with E-state index in [1.54, 1.807) is 37.3 Å². The predicted molar refractivity (Wildman–Crippen MR) is 152 cm³/mol. The Bertz CT molecular complexity index is 1670. The molecule has 0 unspecified atom stereocenters. The summed E-state index contributed by atoms with van der Waals surface area (Å²) in [4.78, 5) is 30.2. The zero-order valence-electron chi connectivity index (χ0n) is 22.2. The van der Waals surface area contributed by atoms with Gasteiger partial charge in [0, 0.05) is 24.4 Å². The van der Waals surface area contributed by atoms with E-state index in [1.807, 2.05) is 11.5 Å². The molecule has 0 saturated carbocycles. The number of nitrogens with one attached hydrogen (secondary N) is 1. The van der Waals surface area contributed by atoms with Gasteiger partial charge in [-0.15, -0.1) is 0 Å². The maximum absolute atomic E-state index is 13.1. The van der Waals surface area contributed by atoms with E-state index in [4.69, 9.17) is 14.2 Å². The Morgan fingerprint density at radius 3 is 2.30 bits per heavy atom. The van der Waals surface area contributed by atoms with Gasteiger partial charge in [0.1, 0.15) is 5.75 Å². The van der Waals surface area contributed by atoms with Gasteiger partial charge in [-0.1, -0.05) is 11.3 Å². The zero-order valence-corrected chi connectivity index (χ0v) is 23.9. The van der Waals surface area contributed by atoms with Crippen molar-refractivity contribution in [3.63, 3.8) is 0 Å². The average Bonchev–Trinajstić information content (AvgIpc) is 3.29. The van der Waals surface area contributed by atoms with E-state index in [9.17, 15) is 18.0 Å². The Morgan fingerprint density at radius 1 is 0.950 bits per heavy atom. The number of esters is 1. The van der Waals surface area contributed by atoms with Crippen LogP contribution in [0.5, 0.6) is 5.75 Å². The number of thiazole rings is 1. The molecule has 1 aromatic heterocycles. The monoisotopic (exact) mass is 583 g/mol. The number of rotatable bonds is 11. The first-order chi connectivity index (χ1) is 19.2. The molecule has 0 atom stereocenters. The standard InChI is InChI=1S/C28H29N3O7S2/c1-4-37-17-16-31-24-15-8-20(27(33)38-5-2)18-25(24)39-28(31)29-26(32)19-6-9-21(10-7-19)30-40(34,35)23-13-11-22(36-3)12-14-23/h6-15,18,30H,4-5,16-17H2,1-3H3. The van der Waals surface area contributed by atoms with Crippen LogP contribution >= 0.6 is 11.3 Å². The van der Waals surface area contributed by atoms with Crippen LogP contribution in [0.15, 0.2) is 76.6 Å². The van der Waals surface area contributed by atoms with Gasteiger partial charge in [-0.25, -0.2) is 13.2 Å². The molecule has 0 saturated heterocycles. The lowest BCUT2D eigenvalue weighted by Crippen LogP contribution is -2.19. The number of nitrogens with zero attached hydrogens (tertiary/aromatic N) is 2. The molecule has 0 fully saturated rings. The summed E-state index contributed by atoms with van der Waals surface area (Å²) in [5.74, 6) is -0.370. The van der Waals surface area contributed by atoms with Crippen molar-refractivity contribution in [2.75, 3.05) is 31.7 Å². The van der Waals surface area contributed by atoms with Crippen LogP contribution in [-0.4, -0.2) is 51.8 Å². The van der Waals surface area contributed by atoms with Gasteiger partial charge >= 0.3 is 5.97 Å². The van der Waals surface area contributed by atoms with Crippen molar-refractivity contribution < 1.29 is 32.2 Å². The van der Waals surface area contributed by atoms with Crippen molar-refractivity contribution in [3.8, 4) is 5.75 Å². The number of amides is 1. The second kappa shape index (κ2) is 12.9. The number of sulfonamides is 1. The lowest BCUT2D eigenvalue weighted by atomic mass is 10.2. The summed E-state index contributed by atoms with van der Waals surface area (Å²) in [5, 5.41) is 0. The third kappa shape index (κ3) is 6.76. The van der Waals surface area contributed by atoms with Crippen LogP contribution in [0.4, 0.5) is 5.69 Å². The number of carbonyl (C=O) groups excluding carboxylic acids is 2. The van der Waals surface area contributed by atoms with E-state index in [1.165, 1.54) is 54.8 Å². The Balaban J connectivity index is 1.60. The van der Waals surface area contributed by atoms with Crippen molar-refractivity contribution in [1.29, 1.82) is 0 Å². The summed E-state index contributed by atoms with van der Waals surface area (Å²) in [6, 6.07) is 17.2. The summed E-state index contributed by atoms with van der Waals surface area (Å²) in [5.41, 5.74) is 1.81. The molecule has 1 amide bonds. The highest BCUT2D eigenvalue weighted by Gasteiger charge is 2.16. The number of benzene rings is 3. The lowest BCUT2D eigenvalue weighted by molar-refractivity contribution is 0.0526. The molecular weight excluding hydrogens is 554 g/mol. The number of methoxy groups -OCH3 is 1. The molecule has 0 radical (unpaired) electrons. The molecule has 3 aromatic carbocycles. The summed E-state index contributed by atoms with van der Waals surface area (Å²) in [7, 11) is -2.33. The number of ether oxygens (including phenoxy) is 3. The highest BCUT2D eigenvalue weighted by Crippen LogP contribution is 2.22. The van der Waals surface area contributed by atoms with Gasteiger partial charge in [0.25, 0.3) is 15.9 Å². The third-order valence-corrected chi connectivity index (χ3v) is 8.25. The highest BCUT2D eigenvalue weighted by atomic mass is 32.2. The van der Waals surface area contributed by atoms with Gasteiger partial charge in [-0.05, 0) is 80.6 Å². The summed E-state index contributed by atoms with van der Waals surface area (Å²) in [6.45, 7) is 5.35. The van der Waals surface area contributed by atoms with Gasteiger partial charge in [0.05, 0.1) is 41.0 Å². The Kier molecular flexibility index (Phi) is 9.35. The van der Waals surface area contributed by atoms with E-state index in [0.717, 1.165) is 10.2 Å². The average molecular weight is 584 g/mol. The van der Waals surface area contributed by atoms with Crippen LogP contribution in [-0.2, 0) is 26.0 Å². The molecule has 210 valence electrons. The Hall–Kier alpha value is -4.00. The van der Waals surface area contributed by atoms with E-state index in [2.05, 4.69) is 9.71 Å². The molecule has 0 spiro atoms. The van der Waals surface area contributed by atoms with Crippen LogP contribution in [0.25, 0.3) is 10.2 Å². The van der Waals surface area contributed by atoms with Gasteiger partial charge in [-0.3, -0.25) is 9.52 Å². The van der Waals surface area contributed by atoms with E-state index < -0.39 is 21.9 Å². The van der Waals surface area contributed by atoms with E-state index in [0.29, 0.717) is 41.6 Å². The largest absolute Gasteiger partial charge is 0.497 e. The minimum Gasteiger partial charge on any atom is -0.497 e. The number of carbonyl (C=O) groups is 2. The van der Waals surface area contributed by atoms with Crippen LogP contribution in [0.1, 0.15) is 34.6 Å². The molecule has 0 aliphatic carbocycles. The fourth-order valence-corrected chi connectivity index (χ4v) is 5.97. The van der Waals surface area contributed by atoms with Gasteiger partial charge in [-0.2, -0.15) is 4.99 Å². The molecular formula is C28H29N3O7S2. The number of anilines is 1. The van der Waals surface area contributed by atoms with Crippen LogP contribution in [0, 0.1) is 0 Å². The van der Waals surface area contributed by atoms with Crippen LogP contribution < -0.4 is 14.3 Å². The molecule has 4 aromatic rings. The summed E-state index contributed by atoms with van der Waals surface area (Å²) in [6.07, 6.45) is 0. The number of aromatic nitrogens is 1. The topological polar surface area (TPSA) is 125 Å². The van der Waals surface area contributed by atoms with Crippen molar-refractivity contribution in [2.45, 2.75) is 25.3 Å². The first-order valence-electron chi connectivity index (χ1n) is 12.5. The van der Waals surface area contributed by atoms with Crippen molar-refractivity contribution in [3.05, 3.63) is 82.7 Å². The maximum atomic E-state index is 13.1. The van der Waals surface area contributed by atoms with Gasteiger partial charge < -0.3 is 18.8 Å². The third-order valence-electron chi connectivity index (χ3n) is 5.81. The molecule has 1 N–H and O–H groups in total. The Morgan fingerprint density at radius 2 is 1.65 bits per heavy atom. The molecule has 0 aliphatic heterocycles. The first-order valence-corrected chi connectivity index (χ1v) is 14.8. The summed E-state index contributed by atoms with van der Waals surface area (Å²) < 4.78 is 46.3. The van der Waals surface area contributed by atoms with Crippen molar-refractivity contribution in [2.24, 2.45) is 4.99 Å². The maximum Gasteiger partial charge on any atom is 0.338 e. The Labute approximate surface area is 235 Å². The molecule has 0 aliphatic rings. The fourth-order valence-electron chi connectivity index (χ4n) is 3.82. The molecule has 12 heteroatoms. The van der Waals surface area contributed by atoms with E-state index >= 15 is 0 Å². The minimum absolute atomic E-state index is 0.0796. The minimum atomic E-state index is -3.83. The summed E-state index contributed by atoms with van der Waals surface area (Å²) >= 11 is 1.28. The quantitative estimate of drug-likeness (QED) is 0.204. The second-order valence-corrected chi connectivity index (χ2v) is 11.1. The van der Waals surface area contributed by atoms with Crippen molar-refractivity contribution >= 4 is 49.1 Å². The molecule has 1 heterocycles. The molecule has 10 nitrogen and oxygen atoms in total. The highest BCUT2D eigenvalue weighted by molar-refractivity contribution is 7.92. The first kappa shape index (κ1) is 29.0. The van der Waals surface area contributed by atoms with Crippen LogP contribution in [0.2, 0.25) is 0 Å². The second-order valence-electron chi connectivity index (χ2n) is 8.41. The number of fused-ring (bicyclic) bond motifs is 1. The van der Waals surface area contributed by atoms with Crippen molar-refractivity contribution in [1.82, 2.24) is 4.57 Å². The fraction of sp³-hybridized carbons (Fsp3) is 0.250. The van der Waals surface area contributed by atoms with Gasteiger partial charge in [0.2, 0.25) is 0 Å². The lowest BCUT2D eigenvalue weighted by Gasteiger charge is -2.09. The smallest absolute Gasteiger partial charge is 0.338 e. The number of hydrogen-bond acceptors (Lipinski definition) is 8. The normalized spacial score (nSPS) is 11.9. The predicted octanol–water partition coefficient (Wildman–Crippen LogP) is 4.47. The molecule has 0 bridgehead atoms. The number of hydrogen-bond donors (Lipinski definition) is 1.